The monoisotopic (exact) mass is 309 g/mol. The number of carbonyl (C=O) groups is 3. The summed E-state index contributed by atoms with van der Waals surface area (Å²) in [6.45, 7) is 3.81. The summed E-state index contributed by atoms with van der Waals surface area (Å²) >= 11 is 0. The Morgan fingerprint density at radius 1 is 1.32 bits per heavy atom. The van der Waals surface area contributed by atoms with Gasteiger partial charge in [-0.05, 0) is 18.4 Å². The van der Waals surface area contributed by atoms with E-state index in [2.05, 4.69) is 10.1 Å². The van der Waals surface area contributed by atoms with Crippen LogP contribution in [0.4, 0.5) is 4.79 Å². The Hall–Kier alpha value is -2.64. The summed E-state index contributed by atoms with van der Waals surface area (Å²) < 4.78 is 4.99. The molecule has 0 aliphatic carbocycles. The Bertz CT molecular complexity index is 545. The summed E-state index contributed by atoms with van der Waals surface area (Å²) in [4.78, 5) is 34.4. The number of hydrogen-bond donors (Lipinski definition) is 2. The lowest BCUT2D eigenvalue weighted by molar-refractivity contribution is -0.608. The number of carbonyl (C=O) groups excluding carboxylic acids is 3. The van der Waals surface area contributed by atoms with Crippen molar-refractivity contribution >= 4 is 17.9 Å². The van der Waals surface area contributed by atoms with Crippen LogP contribution in [0.2, 0.25) is 0 Å². The Kier molecular flexibility index (Phi) is 6.81. The lowest BCUT2D eigenvalue weighted by atomic mass is 10.1. The zero-order valence-electron chi connectivity index (χ0n) is 12.5. The normalized spacial score (nSPS) is 10.1. The first-order valence-corrected chi connectivity index (χ1v) is 6.83. The quantitative estimate of drug-likeness (QED) is 0.447. The molecule has 1 aromatic rings. The summed E-state index contributed by atoms with van der Waals surface area (Å²) in [6.07, 6.45) is 1.92. The molecular formula is C14H19N3O5. The highest BCUT2D eigenvalue weighted by Crippen LogP contribution is 1.96. The molecule has 2 N–H and O–H groups in total. The lowest BCUT2D eigenvalue weighted by Gasteiger charge is -2.08. The summed E-state index contributed by atoms with van der Waals surface area (Å²) in [5.74, 6) is -1.28. The Labute approximate surface area is 128 Å². The number of aromatic nitrogens is 1. The third kappa shape index (κ3) is 6.21. The van der Waals surface area contributed by atoms with Crippen molar-refractivity contribution in [3.8, 4) is 0 Å². The third-order valence-electron chi connectivity index (χ3n) is 2.63. The molecule has 0 radical (unpaired) electrons. The topological polar surface area (TPSA) is 111 Å². The number of urea groups is 1. The van der Waals surface area contributed by atoms with Crippen LogP contribution in [0.1, 0.15) is 30.8 Å². The molecule has 0 aliphatic heterocycles. The summed E-state index contributed by atoms with van der Waals surface area (Å²) in [5.41, 5.74) is -0.239. The van der Waals surface area contributed by atoms with Crippen LogP contribution >= 0.6 is 0 Å². The number of ether oxygens (including phenoxy) is 1. The fraction of sp³-hybridized carbons (Fsp3) is 0.429. The molecule has 8 nitrogen and oxygen atoms in total. The molecule has 120 valence electrons. The van der Waals surface area contributed by atoms with Gasteiger partial charge in [0.05, 0.1) is 0 Å². The van der Waals surface area contributed by atoms with Gasteiger partial charge in [0.1, 0.15) is 0 Å². The van der Waals surface area contributed by atoms with Crippen molar-refractivity contribution in [2.45, 2.75) is 20.3 Å². The molecule has 0 saturated heterocycles. The van der Waals surface area contributed by atoms with E-state index in [4.69, 9.17) is 0 Å². The van der Waals surface area contributed by atoms with Gasteiger partial charge in [0.25, 0.3) is 5.91 Å². The van der Waals surface area contributed by atoms with E-state index in [1.165, 1.54) is 18.2 Å². The van der Waals surface area contributed by atoms with Crippen molar-refractivity contribution in [2.75, 3.05) is 13.2 Å². The van der Waals surface area contributed by atoms with Crippen LogP contribution in [0, 0.1) is 11.1 Å². The molecule has 1 heterocycles. The smallest absolute Gasteiger partial charge is 0.405 e. The molecule has 22 heavy (non-hydrogen) atoms. The molecule has 0 aromatic carbocycles. The number of esters is 1. The molecule has 8 heteroatoms. The molecular weight excluding hydrogens is 290 g/mol. The van der Waals surface area contributed by atoms with Gasteiger partial charge < -0.3 is 15.3 Å². The number of nitrogens with one attached hydrogen (secondary N) is 2. The van der Waals surface area contributed by atoms with E-state index in [1.54, 1.807) is 0 Å². The fourth-order valence-electron chi connectivity index (χ4n) is 1.47. The molecule has 3 amide bonds. The van der Waals surface area contributed by atoms with Gasteiger partial charge in [0.2, 0.25) is 0 Å². The molecule has 0 fully saturated rings. The molecule has 0 atom stereocenters. The van der Waals surface area contributed by atoms with Crippen molar-refractivity contribution < 1.29 is 23.9 Å². The highest BCUT2D eigenvalue weighted by Gasteiger charge is 2.18. The van der Waals surface area contributed by atoms with Gasteiger partial charge in [-0.2, -0.15) is 4.73 Å². The van der Waals surface area contributed by atoms with Crippen LogP contribution in [0.15, 0.2) is 24.4 Å². The van der Waals surface area contributed by atoms with Crippen LogP contribution in [0.5, 0.6) is 0 Å². The second-order valence-corrected chi connectivity index (χ2v) is 4.97. The molecule has 0 unspecified atom stereocenters. The predicted octanol–water partition coefficient (Wildman–Crippen LogP) is 0.349. The minimum absolute atomic E-state index is 0.239. The second kappa shape index (κ2) is 8.60. The van der Waals surface area contributed by atoms with Crippen LogP contribution in [-0.2, 0) is 9.53 Å². The highest BCUT2D eigenvalue weighted by molar-refractivity contribution is 5.96. The van der Waals surface area contributed by atoms with Gasteiger partial charge in [-0.1, -0.05) is 13.8 Å². The number of imide groups is 1. The fourth-order valence-corrected chi connectivity index (χ4v) is 1.47. The van der Waals surface area contributed by atoms with E-state index in [1.807, 2.05) is 19.2 Å². The molecule has 1 aromatic heterocycles. The highest BCUT2D eigenvalue weighted by atomic mass is 16.5. The molecule has 0 bridgehead atoms. The van der Waals surface area contributed by atoms with Crippen LogP contribution in [0.25, 0.3) is 0 Å². The molecule has 1 rings (SSSR count). The number of hydrogen-bond acceptors (Lipinski definition) is 5. The van der Waals surface area contributed by atoms with Crippen LogP contribution < -0.4 is 15.4 Å². The van der Waals surface area contributed by atoms with Crippen molar-refractivity contribution in [2.24, 2.45) is 5.92 Å². The lowest BCUT2D eigenvalue weighted by Crippen LogP contribution is -2.42. The van der Waals surface area contributed by atoms with Gasteiger partial charge in [0, 0.05) is 18.7 Å². The maximum Gasteiger partial charge on any atom is 0.405 e. The number of nitrogens with zero attached hydrogens (tertiary/aromatic N) is 1. The third-order valence-corrected chi connectivity index (χ3v) is 2.63. The van der Waals surface area contributed by atoms with E-state index >= 15 is 0 Å². The predicted molar refractivity (Wildman–Crippen MR) is 76.7 cm³/mol. The maximum absolute atomic E-state index is 11.6. The number of amides is 3. The average molecular weight is 309 g/mol. The van der Waals surface area contributed by atoms with Crippen molar-refractivity contribution in [1.82, 2.24) is 10.6 Å². The maximum atomic E-state index is 11.6. The average Bonchev–Trinajstić information content (AvgIpc) is 2.44. The van der Waals surface area contributed by atoms with E-state index in [0.717, 1.165) is 12.6 Å². The van der Waals surface area contributed by atoms with Gasteiger partial charge in [0.15, 0.2) is 12.8 Å². The van der Waals surface area contributed by atoms with Crippen LogP contribution in [-0.4, -0.2) is 31.1 Å². The molecule has 0 aliphatic rings. The van der Waals surface area contributed by atoms with E-state index in [0.29, 0.717) is 17.2 Å². The van der Waals surface area contributed by atoms with E-state index < -0.39 is 24.5 Å². The second-order valence-electron chi connectivity index (χ2n) is 4.97. The minimum Gasteiger partial charge on any atom is -0.618 e. The number of pyridine rings is 1. The SMILES string of the molecule is CC(C)CCNC(=O)NC(=O)COC(=O)c1cccc[n+]1[O-]. The zero-order chi connectivity index (χ0) is 16.5. The van der Waals surface area contributed by atoms with Gasteiger partial charge in [-0.15, -0.1) is 0 Å². The van der Waals surface area contributed by atoms with Crippen molar-refractivity contribution in [1.29, 1.82) is 0 Å². The van der Waals surface area contributed by atoms with Crippen molar-refractivity contribution in [3.63, 3.8) is 0 Å². The molecule has 0 saturated carbocycles. The summed E-state index contributed by atoms with van der Waals surface area (Å²) in [7, 11) is 0. The Morgan fingerprint density at radius 2 is 2.05 bits per heavy atom. The zero-order valence-corrected chi connectivity index (χ0v) is 12.5. The number of rotatable bonds is 6. The standard InChI is InChI=1S/C14H19N3O5/c1-10(2)6-7-15-14(20)16-12(18)9-22-13(19)11-5-3-4-8-17(11)21/h3-5,8,10H,6-7,9H2,1-2H3,(H2,15,16,18,20). The van der Waals surface area contributed by atoms with E-state index in [9.17, 15) is 19.6 Å². The first-order valence-electron chi connectivity index (χ1n) is 6.83. The van der Waals surface area contributed by atoms with Crippen molar-refractivity contribution in [3.05, 3.63) is 35.3 Å². The summed E-state index contributed by atoms with van der Waals surface area (Å²) in [5, 5.41) is 15.8. The Morgan fingerprint density at radius 3 is 2.68 bits per heavy atom. The first-order chi connectivity index (χ1) is 10.4. The van der Waals surface area contributed by atoms with Gasteiger partial charge >= 0.3 is 17.7 Å². The van der Waals surface area contributed by atoms with Gasteiger partial charge in [-0.25, -0.2) is 9.59 Å². The van der Waals surface area contributed by atoms with E-state index in [-0.39, 0.29) is 5.69 Å². The first kappa shape index (κ1) is 17.4. The van der Waals surface area contributed by atoms with Crippen LogP contribution in [0.3, 0.4) is 0 Å². The Balaban J connectivity index is 2.32. The molecule has 0 spiro atoms. The van der Waals surface area contributed by atoms with Gasteiger partial charge in [-0.3, -0.25) is 10.1 Å². The summed E-state index contributed by atoms with van der Waals surface area (Å²) in [6, 6.07) is 3.57. The minimum atomic E-state index is -0.939. The largest absolute Gasteiger partial charge is 0.618 e.